The van der Waals surface area contributed by atoms with Gasteiger partial charge < -0.3 is 9.64 Å². The molecule has 1 heterocycles. The van der Waals surface area contributed by atoms with Crippen LogP contribution in [0.5, 0.6) is 5.75 Å². The minimum absolute atomic E-state index is 0.287. The van der Waals surface area contributed by atoms with Crippen LogP contribution in [0, 0.1) is 0 Å². The smallest absolute Gasteiger partial charge is 0.387 e. The van der Waals surface area contributed by atoms with E-state index in [9.17, 15) is 8.78 Å². The Morgan fingerprint density at radius 2 is 2.10 bits per heavy atom. The van der Waals surface area contributed by atoms with Crippen molar-refractivity contribution < 1.29 is 13.5 Å². The molecule has 1 aromatic rings. The van der Waals surface area contributed by atoms with E-state index in [2.05, 4.69) is 28.6 Å². The highest BCUT2D eigenvalue weighted by molar-refractivity contribution is 5.33. The van der Waals surface area contributed by atoms with E-state index in [0.717, 1.165) is 25.1 Å². The summed E-state index contributed by atoms with van der Waals surface area (Å²) < 4.78 is 29.4. The van der Waals surface area contributed by atoms with Crippen LogP contribution in [-0.2, 0) is 6.54 Å². The largest absolute Gasteiger partial charge is 0.434 e. The van der Waals surface area contributed by atoms with Gasteiger partial charge in [0.15, 0.2) is 0 Å². The van der Waals surface area contributed by atoms with Gasteiger partial charge in [0, 0.05) is 24.7 Å². The number of likely N-dealkylation sites (N-methyl/N-ethyl adjacent to an activating group) is 1. The summed E-state index contributed by atoms with van der Waals surface area (Å²) in [6, 6.07) is 7.58. The summed E-state index contributed by atoms with van der Waals surface area (Å²) in [5.74, 6) is 0.287. The van der Waals surface area contributed by atoms with Crippen LogP contribution in [0.2, 0.25) is 0 Å². The maximum absolute atomic E-state index is 12.4. The number of hydrogen-bond acceptors (Lipinski definition) is 3. The molecule has 0 radical (unpaired) electrons. The van der Waals surface area contributed by atoms with Gasteiger partial charge in [-0.3, -0.25) is 4.90 Å². The van der Waals surface area contributed by atoms with Gasteiger partial charge in [-0.1, -0.05) is 18.2 Å². The molecule has 0 aromatic heterocycles. The van der Waals surface area contributed by atoms with Crippen LogP contribution in [0.25, 0.3) is 0 Å². The van der Waals surface area contributed by atoms with E-state index < -0.39 is 6.61 Å². The molecule has 2 rings (SSSR count). The van der Waals surface area contributed by atoms with E-state index in [4.69, 9.17) is 0 Å². The highest BCUT2D eigenvalue weighted by Gasteiger charge is 2.22. The third-order valence-corrected chi connectivity index (χ3v) is 3.79. The quantitative estimate of drug-likeness (QED) is 0.827. The summed E-state index contributed by atoms with van der Waals surface area (Å²) in [5, 5.41) is 0. The summed E-state index contributed by atoms with van der Waals surface area (Å²) in [6.45, 7) is -0.136. The summed E-state index contributed by atoms with van der Waals surface area (Å²) in [4.78, 5) is 4.54. The van der Waals surface area contributed by atoms with Crippen LogP contribution in [0.3, 0.4) is 0 Å². The molecule has 3 nitrogen and oxygen atoms in total. The minimum Gasteiger partial charge on any atom is -0.434 e. The second-order valence-electron chi connectivity index (χ2n) is 5.48. The topological polar surface area (TPSA) is 15.7 Å². The second kappa shape index (κ2) is 6.99. The maximum atomic E-state index is 12.4. The molecule has 0 amide bonds. The number of nitrogens with zero attached hydrogens (tertiary/aromatic N) is 2. The molecule has 0 saturated carbocycles. The average molecular weight is 284 g/mol. The summed E-state index contributed by atoms with van der Waals surface area (Å²) >= 11 is 0. The molecule has 1 fully saturated rings. The fourth-order valence-electron chi connectivity index (χ4n) is 2.68. The van der Waals surface area contributed by atoms with Gasteiger partial charge in [0.25, 0.3) is 0 Å². The standard InChI is InChI=1S/C15H22F2N2O/c1-18(2)13-7-5-9-19(11-13)10-12-6-3-4-8-14(12)20-15(16)17/h3-4,6,8,13,15H,5,7,9-11H2,1-2H3. The fraction of sp³-hybridized carbons (Fsp3) is 0.600. The highest BCUT2D eigenvalue weighted by Crippen LogP contribution is 2.24. The number of likely N-dealkylation sites (tertiary alicyclic amines) is 1. The summed E-state index contributed by atoms with van der Waals surface area (Å²) in [5.41, 5.74) is 0.826. The minimum atomic E-state index is -2.77. The van der Waals surface area contributed by atoms with Crippen molar-refractivity contribution in [2.24, 2.45) is 0 Å². The molecule has 0 bridgehead atoms. The zero-order valence-corrected chi connectivity index (χ0v) is 12.1. The average Bonchev–Trinajstić information content (AvgIpc) is 2.41. The molecule has 1 aromatic carbocycles. The van der Waals surface area contributed by atoms with E-state index in [1.54, 1.807) is 12.1 Å². The van der Waals surface area contributed by atoms with Crippen molar-refractivity contribution in [3.63, 3.8) is 0 Å². The number of hydrogen-bond donors (Lipinski definition) is 0. The van der Waals surface area contributed by atoms with E-state index in [1.165, 1.54) is 6.42 Å². The number of benzene rings is 1. The monoisotopic (exact) mass is 284 g/mol. The summed E-state index contributed by atoms with van der Waals surface area (Å²) in [6.07, 6.45) is 2.33. The Balaban J connectivity index is 2.02. The lowest BCUT2D eigenvalue weighted by atomic mass is 10.0. The molecule has 1 saturated heterocycles. The van der Waals surface area contributed by atoms with Crippen LogP contribution in [0.15, 0.2) is 24.3 Å². The number of piperidine rings is 1. The van der Waals surface area contributed by atoms with Crippen LogP contribution < -0.4 is 4.74 Å². The first-order valence-corrected chi connectivity index (χ1v) is 6.97. The third-order valence-electron chi connectivity index (χ3n) is 3.79. The third kappa shape index (κ3) is 4.15. The van der Waals surface area contributed by atoms with Gasteiger partial charge in [0.05, 0.1) is 0 Å². The van der Waals surface area contributed by atoms with Gasteiger partial charge in [0.2, 0.25) is 0 Å². The second-order valence-corrected chi connectivity index (χ2v) is 5.48. The van der Waals surface area contributed by atoms with E-state index >= 15 is 0 Å². The van der Waals surface area contributed by atoms with E-state index in [1.807, 2.05) is 12.1 Å². The lowest BCUT2D eigenvalue weighted by Gasteiger charge is -2.36. The SMILES string of the molecule is CN(C)C1CCCN(Cc2ccccc2OC(F)F)C1. The Hall–Kier alpha value is -1.20. The molecule has 1 aliphatic heterocycles. The van der Waals surface area contributed by atoms with Crippen molar-refractivity contribution in [2.75, 3.05) is 27.2 Å². The zero-order valence-electron chi connectivity index (χ0n) is 12.1. The van der Waals surface area contributed by atoms with Gasteiger partial charge in [0.1, 0.15) is 5.75 Å². The first-order valence-electron chi connectivity index (χ1n) is 6.97. The van der Waals surface area contributed by atoms with E-state index in [-0.39, 0.29) is 5.75 Å². The number of rotatable bonds is 5. The number of alkyl halides is 2. The van der Waals surface area contributed by atoms with Crippen molar-refractivity contribution in [3.8, 4) is 5.75 Å². The Bertz CT molecular complexity index is 426. The van der Waals surface area contributed by atoms with Gasteiger partial charge in [-0.15, -0.1) is 0 Å². The van der Waals surface area contributed by atoms with Gasteiger partial charge >= 0.3 is 6.61 Å². The molecular formula is C15H22F2N2O. The first-order chi connectivity index (χ1) is 9.56. The molecular weight excluding hydrogens is 262 g/mol. The molecule has 0 spiro atoms. The van der Waals surface area contributed by atoms with Crippen molar-refractivity contribution in [1.29, 1.82) is 0 Å². The van der Waals surface area contributed by atoms with E-state index in [0.29, 0.717) is 12.6 Å². The zero-order chi connectivity index (χ0) is 14.5. The van der Waals surface area contributed by atoms with Gasteiger partial charge in [-0.25, -0.2) is 0 Å². The predicted molar refractivity (Wildman–Crippen MR) is 75.1 cm³/mol. The van der Waals surface area contributed by atoms with Gasteiger partial charge in [-0.05, 0) is 39.5 Å². The Labute approximate surface area is 119 Å². The lowest BCUT2D eigenvalue weighted by molar-refractivity contribution is -0.0508. The number of ether oxygens (including phenoxy) is 1. The summed E-state index contributed by atoms with van der Waals surface area (Å²) in [7, 11) is 4.17. The van der Waals surface area contributed by atoms with Crippen LogP contribution in [0.4, 0.5) is 8.78 Å². The Morgan fingerprint density at radius 1 is 1.35 bits per heavy atom. The highest BCUT2D eigenvalue weighted by atomic mass is 19.3. The molecule has 1 atom stereocenters. The molecule has 0 N–H and O–H groups in total. The van der Waals surface area contributed by atoms with Gasteiger partial charge in [-0.2, -0.15) is 8.78 Å². The Kier molecular flexibility index (Phi) is 5.31. The number of halogens is 2. The van der Waals surface area contributed by atoms with Crippen molar-refractivity contribution >= 4 is 0 Å². The van der Waals surface area contributed by atoms with Crippen molar-refractivity contribution in [1.82, 2.24) is 9.80 Å². The molecule has 1 unspecified atom stereocenters. The van der Waals surface area contributed by atoms with Crippen molar-refractivity contribution in [2.45, 2.75) is 32.0 Å². The number of para-hydroxylation sites is 1. The van der Waals surface area contributed by atoms with Crippen molar-refractivity contribution in [3.05, 3.63) is 29.8 Å². The first kappa shape index (κ1) is 15.2. The molecule has 5 heteroatoms. The lowest BCUT2D eigenvalue weighted by Crippen LogP contribution is -2.44. The van der Waals surface area contributed by atoms with Crippen LogP contribution in [0.1, 0.15) is 18.4 Å². The fourth-order valence-corrected chi connectivity index (χ4v) is 2.68. The molecule has 20 heavy (non-hydrogen) atoms. The maximum Gasteiger partial charge on any atom is 0.387 e. The van der Waals surface area contributed by atoms with Crippen LogP contribution in [-0.4, -0.2) is 49.6 Å². The Morgan fingerprint density at radius 3 is 2.80 bits per heavy atom. The molecule has 0 aliphatic carbocycles. The van der Waals surface area contributed by atoms with Crippen LogP contribution >= 0.6 is 0 Å². The predicted octanol–water partition coefficient (Wildman–Crippen LogP) is 2.81. The molecule has 112 valence electrons. The molecule has 1 aliphatic rings. The normalized spacial score (nSPS) is 20.6.